The zero-order valence-electron chi connectivity index (χ0n) is 20.5. The molecule has 0 unspecified atom stereocenters. The number of carboxylic acid groups (broad SMARTS) is 1. The van der Waals surface area contributed by atoms with Gasteiger partial charge in [-0.05, 0) is 54.4 Å². The molecule has 1 aromatic heterocycles. The molecule has 0 spiro atoms. The minimum Gasteiger partial charge on any atom is -0.482 e. The molecule has 0 aliphatic carbocycles. The molecule has 1 N–H and O–H groups in total. The van der Waals surface area contributed by atoms with Crippen LogP contribution in [-0.2, 0) is 6.61 Å². The molecule has 11 heteroatoms. The van der Waals surface area contributed by atoms with Crippen LogP contribution >= 0.6 is 15.9 Å². The van der Waals surface area contributed by atoms with E-state index >= 15 is 0 Å². The van der Waals surface area contributed by atoms with Crippen molar-refractivity contribution in [2.45, 2.75) is 32.8 Å². The molecule has 4 aromatic rings. The lowest BCUT2D eigenvalue weighted by atomic mass is 10.1. The van der Waals surface area contributed by atoms with Gasteiger partial charge in [-0.2, -0.15) is 9.78 Å². The number of nitrogens with zero attached hydrogens (tertiary/aromatic N) is 4. The number of rotatable bonds is 9. The summed E-state index contributed by atoms with van der Waals surface area (Å²) in [6.45, 7) is 3.87. The van der Waals surface area contributed by atoms with Crippen LogP contribution in [0.2, 0.25) is 0 Å². The Hall–Kier alpha value is -4.38. The largest absolute Gasteiger partial charge is 0.482 e. The van der Waals surface area contributed by atoms with Gasteiger partial charge in [-0.15, -0.1) is 0 Å². The summed E-state index contributed by atoms with van der Waals surface area (Å²) in [6.07, 6.45) is 2.10. The van der Waals surface area contributed by atoms with Crippen LogP contribution in [0.3, 0.4) is 0 Å². The maximum atomic E-state index is 13.3. The third-order valence-electron chi connectivity index (χ3n) is 5.96. The number of hydrogen-bond donors (Lipinski definition) is 1. The summed E-state index contributed by atoms with van der Waals surface area (Å²) in [7, 11) is 0. The summed E-state index contributed by atoms with van der Waals surface area (Å²) in [5.74, 6) is -0.631. The number of nitro groups is 1. The molecule has 0 saturated heterocycles. The SMILES string of the molecule is CC[C@H](C)c1nc2ccc(Br)cc2c(=O)n1N=Cc1ccc(OCc2cccc(C(=O)O)c2)c([N+](=O)[O-])c1. The van der Waals surface area contributed by atoms with E-state index in [2.05, 4.69) is 26.0 Å². The fourth-order valence-corrected chi connectivity index (χ4v) is 4.10. The molecule has 38 heavy (non-hydrogen) atoms. The molecule has 1 heterocycles. The van der Waals surface area contributed by atoms with Gasteiger partial charge >= 0.3 is 11.7 Å². The van der Waals surface area contributed by atoms with E-state index < -0.39 is 10.9 Å². The third kappa shape index (κ3) is 5.78. The second-order valence-corrected chi connectivity index (χ2v) is 9.50. The number of carboxylic acids is 1. The molecule has 0 aliphatic rings. The monoisotopic (exact) mass is 578 g/mol. The van der Waals surface area contributed by atoms with Crippen LogP contribution in [-0.4, -0.2) is 31.9 Å². The summed E-state index contributed by atoms with van der Waals surface area (Å²) in [5, 5.41) is 25.7. The molecular weight excluding hydrogens is 556 g/mol. The first-order chi connectivity index (χ1) is 18.2. The van der Waals surface area contributed by atoms with Crippen molar-refractivity contribution in [3.63, 3.8) is 0 Å². The zero-order chi connectivity index (χ0) is 27.4. The quantitative estimate of drug-likeness (QED) is 0.152. The number of aromatic nitrogens is 2. The van der Waals surface area contributed by atoms with Crippen molar-refractivity contribution in [3.05, 3.63) is 108 Å². The summed E-state index contributed by atoms with van der Waals surface area (Å²) < 4.78 is 7.60. The fraction of sp³-hybridized carbons (Fsp3) is 0.185. The van der Waals surface area contributed by atoms with Gasteiger partial charge in [-0.1, -0.05) is 41.9 Å². The lowest BCUT2D eigenvalue weighted by Gasteiger charge is -2.14. The second kappa shape index (κ2) is 11.3. The predicted molar refractivity (Wildman–Crippen MR) is 146 cm³/mol. The minimum atomic E-state index is -1.08. The van der Waals surface area contributed by atoms with Crippen molar-refractivity contribution in [2.75, 3.05) is 0 Å². The van der Waals surface area contributed by atoms with Crippen molar-refractivity contribution in [2.24, 2.45) is 5.10 Å². The lowest BCUT2D eigenvalue weighted by molar-refractivity contribution is -0.385. The van der Waals surface area contributed by atoms with Gasteiger partial charge in [-0.3, -0.25) is 14.9 Å². The Morgan fingerprint density at radius 2 is 2.03 bits per heavy atom. The molecule has 0 bridgehead atoms. The Morgan fingerprint density at radius 3 is 2.74 bits per heavy atom. The summed E-state index contributed by atoms with van der Waals surface area (Å²) in [5.41, 5.74) is 0.950. The van der Waals surface area contributed by atoms with Gasteiger partial charge in [-0.25, -0.2) is 9.78 Å². The van der Waals surface area contributed by atoms with Crippen molar-refractivity contribution in [3.8, 4) is 5.75 Å². The van der Waals surface area contributed by atoms with Gasteiger partial charge in [0.25, 0.3) is 5.56 Å². The zero-order valence-corrected chi connectivity index (χ0v) is 22.1. The molecule has 10 nitrogen and oxygen atoms in total. The van der Waals surface area contributed by atoms with Crippen LogP contribution in [0.4, 0.5) is 5.69 Å². The van der Waals surface area contributed by atoms with E-state index in [-0.39, 0.29) is 35.1 Å². The first kappa shape index (κ1) is 26.7. The smallest absolute Gasteiger partial charge is 0.335 e. The Labute approximate surface area is 225 Å². The molecule has 3 aromatic carbocycles. The van der Waals surface area contributed by atoms with E-state index in [4.69, 9.17) is 9.84 Å². The normalized spacial score (nSPS) is 12.1. The Bertz CT molecular complexity index is 1630. The number of halogens is 1. The molecule has 0 amide bonds. The molecule has 0 fully saturated rings. The fourth-order valence-electron chi connectivity index (χ4n) is 3.74. The average molecular weight is 579 g/mol. The molecule has 0 aliphatic heterocycles. The number of hydrogen-bond acceptors (Lipinski definition) is 7. The Morgan fingerprint density at radius 1 is 1.24 bits per heavy atom. The molecule has 194 valence electrons. The van der Waals surface area contributed by atoms with E-state index in [1.807, 2.05) is 19.9 Å². The van der Waals surface area contributed by atoms with Gasteiger partial charge in [0.15, 0.2) is 5.75 Å². The van der Waals surface area contributed by atoms with E-state index in [0.29, 0.717) is 27.9 Å². The third-order valence-corrected chi connectivity index (χ3v) is 6.45. The molecule has 1 atom stereocenters. The van der Waals surface area contributed by atoms with Gasteiger partial charge in [0.2, 0.25) is 0 Å². The number of fused-ring (bicyclic) bond motifs is 1. The van der Waals surface area contributed by atoms with Gasteiger partial charge in [0.1, 0.15) is 12.4 Å². The van der Waals surface area contributed by atoms with E-state index in [1.54, 1.807) is 30.3 Å². The molecular formula is C27H23BrN4O6. The molecule has 0 saturated carbocycles. The molecule has 4 rings (SSSR count). The van der Waals surface area contributed by atoms with Crippen LogP contribution < -0.4 is 10.3 Å². The lowest BCUT2D eigenvalue weighted by Crippen LogP contribution is -2.23. The van der Waals surface area contributed by atoms with Crippen molar-refractivity contribution < 1.29 is 19.6 Å². The highest BCUT2D eigenvalue weighted by molar-refractivity contribution is 9.10. The number of nitro benzene ring substituents is 1. The average Bonchev–Trinajstić information content (AvgIpc) is 2.91. The van der Waals surface area contributed by atoms with Crippen molar-refractivity contribution in [1.29, 1.82) is 0 Å². The van der Waals surface area contributed by atoms with Crippen LogP contribution in [0.15, 0.2) is 75.0 Å². The highest BCUT2D eigenvalue weighted by Crippen LogP contribution is 2.29. The van der Waals surface area contributed by atoms with Gasteiger partial charge in [0.05, 0.1) is 27.6 Å². The highest BCUT2D eigenvalue weighted by atomic mass is 79.9. The number of aromatic carboxylic acids is 1. The maximum Gasteiger partial charge on any atom is 0.335 e. The number of ether oxygens (including phenoxy) is 1. The van der Waals surface area contributed by atoms with E-state index in [0.717, 1.165) is 10.9 Å². The van der Waals surface area contributed by atoms with E-state index in [1.165, 1.54) is 35.2 Å². The van der Waals surface area contributed by atoms with Crippen LogP contribution in [0.1, 0.15) is 53.5 Å². The van der Waals surface area contributed by atoms with Crippen LogP contribution in [0, 0.1) is 10.1 Å². The Kier molecular flexibility index (Phi) is 7.96. The molecule has 0 radical (unpaired) electrons. The highest BCUT2D eigenvalue weighted by Gasteiger charge is 2.18. The first-order valence-electron chi connectivity index (χ1n) is 11.7. The summed E-state index contributed by atoms with van der Waals surface area (Å²) in [6, 6.07) is 15.7. The topological polar surface area (TPSA) is 137 Å². The van der Waals surface area contributed by atoms with Crippen molar-refractivity contribution >= 4 is 44.7 Å². The predicted octanol–water partition coefficient (Wildman–Crippen LogP) is 5.74. The number of carbonyl (C=O) groups is 1. The van der Waals surface area contributed by atoms with Gasteiger partial charge in [0, 0.05) is 22.0 Å². The van der Waals surface area contributed by atoms with Crippen LogP contribution in [0.25, 0.3) is 10.9 Å². The second-order valence-electron chi connectivity index (χ2n) is 8.58. The van der Waals surface area contributed by atoms with Gasteiger partial charge < -0.3 is 9.84 Å². The van der Waals surface area contributed by atoms with Crippen LogP contribution in [0.5, 0.6) is 5.75 Å². The minimum absolute atomic E-state index is 0.0163. The number of benzene rings is 3. The van der Waals surface area contributed by atoms with Crippen molar-refractivity contribution in [1.82, 2.24) is 9.66 Å². The summed E-state index contributed by atoms with van der Waals surface area (Å²) >= 11 is 3.38. The Balaban J connectivity index is 1.67. The van der Waals surface area contributed by atoms with E-state index in [9.17, 15) is 19.7 Å². The summed E-state index contributed by atoms with van der Waals surface area (Å²) in [4.78, 5) is 40.3. The maximum absolute atomic E-state index is 13.3. The first-order valence-corrected chi connectivity index (χ1v) is 12.5. The standard InChI is InChI=1S/C27H23BrN4O6/c1-3-16(2)25-30-22-9-8-20(28)13-21(22)26(33)31(25)29-14-17-7-10-24(23(12-17)32(36)37)38-15-18-5-4-6-19(11-18)27(34)35/h4-14,16H,3,15H2,1-2H3,(H,34,35)/t16-/m0/s1.